The van der Waals surface area contributed by atoms with Crippen molar-refractivity contribution >= 4 is 28.9 Å². The first-order valence-electron chi connectivity index (χ1n) is 9.40. The topological polar surface area (TPSA) is 72.2 Å². The van der Waals surface area contributed by atoms with Crippen LogP contribution in [0.3, 0.4) is 0 Å². The summed E-state index contributed by atoms with van der Waals surface area (Å²) in [6.45, 7) is 3.90. The number of halogens is 1. The van der Waals surface area contributed by atoms with E-state index in [-0.39, 0.29) is 6.04 Å². The van der Waals surface area contributed by atoms with Crippen molar-refractivity contribution in [2.75, 3.05) is 0 Å². The van der Waals surface area contributed by atoms with Crippen LogP contribution in [0.1, 0.15) is 46.4 Å². The fourth-order valence-corrected chi connectivity index (χ4v) is 4.53. The molecule has 29 heavy (non-hydrogen) atoms. The summed E-state index contributed by atoms with van der Waals surface area (Å²) in [4.78, 5) is 11.7. The quantitative estimate of drug-likeness (QED) is 0.500. The Bertz CT molecular complexity index is 973. The van der Waals surface area contributed by atoms with Gasteiger partial charge >= 0.3 is 0 Å². The van der Waals surface area contributed by atoms with Crippen LogP contribution < -0.4 is 4.72 Å². The van der Waals surface area contributed by atoms with Gasteiger partial charge in [0.25, 0.3) is 0 Å². The van der Waals surface area contributed by atoms with Crippen LogP contribution in [0.2, 0.25) is 5.02 Å². The van der Waals surface area contributed by atoms with Crippen molar-refractivity contribution in [3.63, 3.8) is 0 Å². The normalized spacial score (nSPS) is 14.3. The summed E-state index contributed by atoms with van der Waals surface area (Å²) in [6.07, 6.45) is 2.01. The predicted molar refractivity (Wildman–Crippen MR) is 115 cm³/mol. The Labute approximate surface area is 178 Å². The molecule has 0 saturated heterocycles. The molecule has 1 heterocycles. The Morgan fingerprint density at radius 2 is 1.86 bits per heavy atom. The smallest absolute Gasteiger partial charge is 0.141 e. The highest BCUT2D eigenvalue weighted by Crippen LogP contribution is 2.27. The molecule has 0 aliphatic rings. The number of aldehydes is 1. The number of carbonyl (C=O) groups is 1. The molecule has 0 bridgehead atoms. The van der Waals surface area contributed by atoms with Crippen molar-refractivity contribution in [3.05, 3.63) is 87.8 Å². The van der Waals surface area contributed by atoms with Gasteiger partial charge in [0.05, 0.1) is 6.04 Å². The van der Waals surface area contributed by atoms with Crippen molar-refractivity contribution in [2.24, 2.45) is 0 Å². The van der Waals surface area contributed by atoms with E-state index in [4.69, 9.17) is 16.1 Å². The monoisotopic (exact) mass is 430 g/mol. The summed E-state index contributed by atoms with van der Waals surface area (Å²) in [7, 11) is -1.66. The second-order valence-electron chi connectivity index (χ2n) is 6.72. The third kappa shape index (κ3) is 5.21. The maximum Gasteiger partial charge on any atom is 0.141 e. The molecule has 3 rings (SSSR count). The van der Waals surface area contributed by atoms with Crippen molar-refractivity contribution in [1.29, 1.82) is 0 Å². The van der Waals surface area contributed by atoms with Crippen LogP contribution in [0, 0.1) is 6.92 Å². The highest BCUT2D eigenvalue weighted by Gasteiger charge is 2.27. The van der Waals surface area contributed by atoms with Crippen molar-refractivity contribution in [2.45, 2.75) is 38.0 Å². The Kier molecular flexibility index (Phi) is 7.36. The fourth-order valence-electron chi connectivity index (χ4n) is 3.27. The second-order valence-corrected chi connectivity index (χ2v) is 8.50. The van der Waals surface area contributed by atoms with E-state index in [2.05, 4.69) is 9.88 Å². The zero-order chi connectivity index (χ0) is 20.8. The van der Waals surface area contributed by atoms with Crippen LogP contribution in [-0.2, 0) is 28.6 Å². The maximum absolute atomic E-state index is 13.1. The molecule has 152 valence electrons. The average Bonchev–Trinajstić information content (AvgIpc) is 3.10. The minimum Gasteiger partial charge on any atom is -0.361 e. The summed E-state index contributed by atoms with van der Waals surface area (Å²) in [5.41, 5.74) is 3.42. The number of aryl methyl sites for hydroxylation is 1. The van der Waals surface area contributed by atoms with Crippen LogP contribution >= 0.6 is 11.6 Å². The maximum atomic E-state index is 13.1. The zero-order valence-corrected chi connectivity index (χ0v) is 17.9. The molecule has 0 fully saturated rings. The molecule has 0 aliphatic carbocycles. The molecule has 3 aromatic rings. The zero-order valence-electron chi connectivity index (χ0n) is 16.3. The highest BCUT2D eigenvalue weighted by molar-refractivity contribution is 7.84. The minimum atomic E-state index is -1.66. The van der Waals surface area contributed by atoms with Gasteiger partial charge in [-0.05, 0) is 43.0 Å². The van der Waals surface area contributed by atoms with E-state index in [1.165, 1.54) is 0 Å². The number of rotatable bonds is 9. The van der Waals surface area contributed by atoms with E-state index in [9.17, 15) is 9.00 Å². The van der Waals surface area contributed by atoms with E-state index in [1.54, 1.807) is 24.3 Å². The van der Waals surface area contributed by atoms with E-state index in [0.29, 0.717) is 23.3 Å². The standard InChI is InChI=1S/C22H23ClN2O3S/c1-3-19-15(2)28-24-22(19)20(13-16-7-5-4-6-8-16)25-29(27)21(14-26)17-9-11-18(23)12-10-17/h4-12,14,20-21,25H,3,13H2,1-2H3/t20-,21?,29?/m1/s1. The van der Waals surface area contributed by atoms with Gasteiger partial charge in [-0.1, -0.05) is 66.1 Å². The summed E-state index contributed by atoms with van der Waals surface area (Å²) in [6, 6.07) is 16.3. The lowest BCUT2D eigenvalue weighted by Gasteiger charge is -2.20. The molecule has 0 spiro atoms. The lowest BCUT2D eigenvalue weighted by atomic mass is 9.99. The van der Waals surface area contributed by atoms with E-state index in [1.807, 2.05) is 44.2 Å². The van der Waals surface area contributed by atoms with E-state index in [0.717, 1.165) is 29.0 Å². The largest absolute Gasteiger partial charge is 0.361 e. The molecule has 0 aliphatic heterocycles. The van der Waals surface area contributed by atoms with E-state index < -0.39 is 16.2 Å². The number of hydrogen-bond acceptors (Lipinski definition) is 4. The van der Waals surface area contributed by atoms with Crippen molar-refractivity contribution in [1.82, 2.24) is 9.88 Å². The molecule has 5 nitrogen and oxygen atoms in total. The first-order chi connectivity index (χ1) is 14.0. The van der Waals surface area contributed by atoms with E-state index >= 15 is 0 Å². The molecule has 0 radical (unpaired) electrons. The number of carbonyl (C=O) groups excluding carboxylic acids is 1. The number of hydrogen-bond donors (Lipinski definition) is 1. The van der Waals surface area contributed by atoms with Gasteiger partial charge in [0.1, 0.15) is 34.0 Å². The lowest BCUT2D eigenvalue weighted by Crippen LogP contribution is -2.30. The molecular formula is C22H23ClN2O3S. The number of benzene rings is 2. The Balaban J connectivity index is 1.89. The van der Waals surface area contributed by atoms with Crippen LogP contribution in [0.15, 0.2) is 59.1 Å². The number of nitrogens with zero attached hydrogens (tertiary/aromatic N) is 1. The average molecular weight is 431 g/mol. The van der Waals surface area contributed by atoms with Gasteiger partial charge < -0.3 is 9.32 Å². The fraction of sp³-hybridized carbons (Fsp3) is 0.273. The first-order valence-corrected chi connectivity index (χ1v) is 11.0. The molecule has 1 aromatic heterocycles. The Hall–Kier alpha value is -2.28. The van der Waals surface area contributed by atoms with Crippen molar-refractivity contribution in [3.8, 4) is 0 Å². The van der Waals surface area contributed by atoms with Crippen molar-refractivity contribution < 1.29 is 13.5 Å². The lowest BCUT2D eigenvalue weighted by molar-refractivity contribution is -0.107. The van der Waals surface area contributed by atoms with Gasteiger partial charge in [-0.3, -0.25) is 0 Å². The van der Waals surface area contributed by atoms with Gasteiger partial charge in [0, 0.05) is 10.6 Å². The molecule has 0 saturated carbocycles. The summed E-state index contributed by atoms with van der Waals surface area (Å²) in [5.74, 6) is 0.748. The highest BCUT2D eigenvalue weighted by atomic mass is 35.5. The molecule has 2 aromatic carbocycles. The SMILES string of the molecule is CCc1c([C@@H](Cc2ccccc2)NS(=O)C(C=O)c2ccc(Cl)cc2)noc1C. The molecule has 7 heteroatoms. The van der Waals surface area contributed by atoms with Gasteiger partial charge in [-0.15, -0.1) is 0 Å². The van der Waals surface area contributed by atoms with Gasteiger partial charge in [0.15, 0.2) is 0 Å². The second kappa shape index (κ2) is 9.96. The molecule has 0 amide bonds. The molecular weight excluding hydrogens is 408 g/mol. The molecule has 2 unspecified atom stereocenters. The van der Waals surface area contributed by atoms with Crippen LogP contribution in [0.4, 0.5) is 0 Å². The van der Waals surface area contributed by atoms with Crippen LogP contribution in [0.25, 0.3) is 0 Å². The summed E-state index contributed by atoms with van der Waals surface area (Å²) < 4.78 is 21.6. The third-order valence-corrected chi connectivity index (χ3v) is 6.41. The van der Waals surface area contributed by atoms with Crippen LogP contribution in [-0.4, -0.2) is 15.7 Å². The minimum absolute atomic E-state index is 0.361. The summed E-state index contributed by atoms with van der Waals surface area (Å²) in [5, 5.41) is 3.97. The third-order valence-electron chi connectivity index (χ3n) is 4.79. The van der Waals surface area contributed by atoms with Gasteiger partial charge in [-0.2, -0.15) is 0 Å². The molecule has 1 N–H and O–H groups in total. The molecule has 3 atom stereocenters. The predicted octanol–water partition coefficient (Wildman–Crippen LogP) is 4.68. The van der Waals surface area contributed by atoms with Crippen LogP contribution in [0.5, 0.6) is 0 Å². The number of aromatic nitrogens is 1. The van der Waals surface area contributed by atoms with Gasteiger partial charge in [0.2, 0.25) is 0 Å². The first kappa shape index (κ1) is 21.4. The Morgan fingerprint density at radius 1 is 1.17 bits per heavy atom. The van der Waals surface area contributed by atoms with Gasteiger partial charge in [-0.25, -0.2) is 8.93 Å². The summed E-state index contributed by atoms with van der Waals surface area (Å²) >= 11 is 5.93. The number of nitrogens with one attached hydrogen (secondary N) is 1. The Morgan fingerprint density at radius 3 is 2.48 bits per heavy atom.